The highest BCUT2D eigenvalue weighted by molar-refractivity contribution is 6.46. The van der Waals surface area contributed by atoms with E-state index in [0.29, 0.717) is 48.1 Å². The summed E-state index contributed by atoms with van der Waals surface area (Å²) in [5.41, 5.74) is 3.27. The Morgan fingerprint density at radius 3 is 2.31 bits per heavy atom. The minimum absolute atomic E-state index is 0.0272. The van der Waals surface area contributed by atoms with Crippen LogP contribution in [0.3, 0.4) is 0 Å². The minimum atomic E-state index is -0.790. The lowest BCUT2D eigenvalue weighted by Crippen LogP contribution is -2.35. The Labute approximate surface area is 229 Å². The van der Waals surface area contributed by atoms with Crippen molar-refractivity contribution < 1.29 is 28.9 Å². The van der Waals surface area contributed by atoms with Crippen molar-refractivity contribution >= 4 is 17.4 Å². The molecule has 0 radical (unpaired) electrons. The molecule has 0 aromatic heterocycles. The van der Waals surface area contributed by atoms with E-state index < -0.39 is 17.7 Å². The number of aliphatic hydroxyl groups excluding tert-OH is 1. The van der Waals surface area contributed by atoms with Gasteiger partial charge in [-0.15, -0.1) is 0 Å². The van der Waals surface area contributed by atoms with E-state index in [1.165, 1.54) is 19.1 Å². The number of hydrogen-bond donors (Lipinski definition) is 1. The molecule has 4 rings (SSSR count). The second-order valence-electron chi connectivity index (χ2n) is 9.71. The van der Waals surface area contributed by atoms with Crippen LogP contribution in [0.25, 0.3) is 5.76 Å². The molecule has 0 spiro atoms. The zero-order chi connectivity index (χ0) is 28.1. The fourth-order valence-electron chi connectivity index (χ4n) is 4.62. The Bertz CT molecular complexity index is 1380. The first-order valence-electron chi connectivity index (χ1n) is 12.7. The molecule has 1 aliphatic rings. The summed E-state index contributed by atoms with van der Waals surface area (Å²) in [6.07, 6.45) is 0. The predicted octanol–water partition coefficient (Wildman–Crippen LogP) is 4.57. The van der Waals surface area contributed by atoms with Crippen molar-refractivity contribution in [3.63, 3.8) is 0 Å². The summed E-state index contributed by atoms with van der Waals surface area (Å²) in [5.74, 6) is -0.0279. The van der Waals surface area contributed by atoms with Crippen molar-refractivity contribution in [2.45, 2.75) is 19.6 Å². The van der Waals surface area contributed by atoms with E-state index in [-0.39, 0.29) is 11.3 Å². The lowest BCUT2D eigenvalue weighted by Gasteiger charge is -2.27. The molecule has 8 heteroatoms. The molecule has 204 valence electrons. The maximum absolute atomic E-state index is 13.3. The van der Waals surface area contributed by atoms with Crippen LogP contribution in [0.1, 0.15) is 28.3 Å². The van der Waals surface area contributed by atoms with Crippen LogP contribution in [0.4, 0.5) is 0 Å². The maximum atomic E-state index is 13.3. The number of methoxy groups -OCH3 is 2. The number of nitrogens with zero attached hydrogens (tertiary/aromatic N) is 2. The third kappa shape index (κ3) is 6.07. The van der Waals surface area contributed by atoms with Crippen LogP contribution in [-0.4, -0.2) is 68.0 Å². The van der Waals surface area contributed by atoms with Crippen molar-refractivity contribution in [2.75, 3.05) is 41.4 Å². The maximum Gasteiger partial charge on any atom is 0.295 e. The quantitative estimate of drug-likeness (QED) is 0.233. The van der Waals surface area contributed by atoms with E-state index in [0.717, 1.165) is 11.1 Å². The molecule has 1 atom stereocenters. The minimum Gasteiger partial charge on any atom is -0.507 e. The van der Waals surface area contributed by atoms with E-state index in [9.17, 15) is 14.7 Å². The molecule has 0 unspecified atom stereocenters. The first kappa shape index (κ1) is 27.7. The highest BCUT2D eigenvalue weighted by Gasteiger charge is 2.46. The Balaban J connectivity index is 1.69. The van der Waals surface area contributed by atoms with Crippen molar-refractivity contribution in [2.24, 2.45) is 0 Å². The van der Waals surface area contributed by atoms with Gasteiger partial charge in [-0.1, -0.05) is 35.9 Å². The fraction of sp³-hybridized carbons (Fsp3) is 0.290. The third-order valence-electron chi connectivity index (χ3n) is 6.67. The van der Waals surface area contributed by atoms with Crippen LogP contribution in [0.5, 0.6) is 17.2 Å². The van der Waals surface area contributed by atoms with Crippen LogP contribution in [0.15, 0.2) is 72.3 Å². The van der Waals surface area contributed by atoms with Gasteiger partial charge in [0.05, 0.1) is 25.8 Å². The van der Waals surface area contributed by atoms with Gasteiger partial charge in [0.1, 0.15) is 18.1 Å². The number of rotatable bonds is 10. The number of likely N-dealkylation sites (N-methyl/N-ethyl adjacent to an activating group) is 1. The van der Waals surface area contributed by atoms with E-state index >= 15 is 0 Å². The number of carbonyl (C=O) groups excluding carboxylic acids is 2. The summed E-state index contributed by atoms with van der Waals surface area (Å²) in [7, 11) is 6.84. The molecule has 1 fully saturated rings. The average Bonchev–Trinajstić information content (AvgIpc) is 3.19. The zero-order valence-corrected chi connectivity index (χ0v) is 22.9. The summed E-state index contributed by atoms with van der Waals surface area (Å²) in [6, 6.07) is 19.3. The number of ketones is 1. The Kier molecular flexibility index (Phi) is 8.56. The molecule has 1 saturated heterocycles. The van der Waals surface area contributed by atoms with Gasteiger partial charge in [-0.25, -0.2) is 0 Å². The van der Waals surface area contributed by atoms with E-state index in [2.05, 4.69) is 6.07 Å². The van der Waals surface area contributed by atoms with Gasteiger partial charge in [-0.3, -0.25) is 9.59 Å². The third-order valence-corrected chi connectivity index (χ3v) is 6.67. The molecule has 39 heavy (non-hydrogen) atoms. The standard InChI is InChI=1S/C31H34N2O6/c1-20-7-6-8-21(17-20)19-39-24-12-9-22(10-13-24)29(34)27-28(23-11-14-25(37-4)26(18-23)38-5)33(16-15-32(2)3)31(36)30(27)35/h6-14,17-18,28,34H,15-16,19H2,1-5H3/b29-27+/t28-/m0/s1. The molecule has 0 saturated carbocycles. The number of Topliss-reactive ketones (excluding diaryl/α,β-unsaturated/α-hetero) is 1. The highest BCUT2D eigenvalue weighted by atomic mass is 16.5. The molecule has 1 N–H and O–H groups in total. The van der Waals surface area contributed by atoms with Gasteiger partial charge in [0, 0.05) is 18.7 Å². The number of ether oxygens (including phenoxy) is 3. The van der Waals surface area contributed by atoms with Gasteiger partial charge in [0.25, 0.3) is 11.7 Å². The van der Waals surface area contributed by atoms with Crippen LogP contribution in [0.2, 0.25) is 0 Å². The van der Waals surface area contributed by atoms with Crippen LogP contribution < -0.4 is 14.2 Å². The van der Waals surface area contributed by atoms with Gasteiger partial charge in [-0.2, -0.15) is 0 Å². The molecule has 8 nitrogen and oxygen atoms in total. The number of likely N-dealkylation sites (tertiary alicyclic amines) is 1. The largest absolute Gasteiger partial charge is 0.507 e. The molecule has 1 heterocycles. The van der Waals surface area contributed by atoms with Gasteiger partial charge >= 0.3 is 0 Å². The van der Waals surface area contributed by atoms with Crippen molar-refractivity contribution in [1.82, 2.24) is 9.80 Å². The summed E-state index contributed by atoms with van der Waals surface area (Å²) >= 11 is 0. The normalized spacial score (nSPS) is 16.6. The second kappa shape index (κ2) is 12.0. The Morgan fingerprint density at radius 1 is 0.949 bits per heavy atom. The molecular weight excluding hydrogens is 496 g/mol. The van der Waals surface area contributed by atoms with Crippen molar-refractivity contribution in [3.8, 4) is 17.2 Å². The summed E-state index contributed by atoms with van der Waals surface area (Å²) in [5, 5.41) is 11.4. The van der Waals surface area contributed by atoms with E-state index in [1.807, 2.05) is 44.1 Å². The molecule has 1 amide bonds. The monoisotopic (exact) mass is 530 g/mol. The van der Waals surface area contributed by atoms with Gasteiger partial charge in [0.15, 0.2) is 11.5 Å². The summed E-state index contributed by atoms with van der Waals surface area (Å²) in [4.78, 5) is 29.9. The van der Waals surface area contributed by atoms with Crippen LogP contribution in [-0.2, 0) is 16.2 Å². The topological polar surface area (TPSA) is 88.5 Å². The number of aryl methyl sites for hydroxylation is 1. The number of hydrogen-bond acceptors (Lipinski definition) is 7. The Hall–Kier alpha value is -4.30. The van der Waals surface area contributed by atoms with Crippen LogP contribution >= 0.6 is 0 Å². The molecular formula is C31H34N2O6. The number of benzene rings is 3. The van der Waals surface area contributed by atoms with Crippen molar-refractivity contribution in [3.05, 3.63) is 94.6 Å². The zero-order valence-electron chi connectivity index (χ0n) is 22.9. The van der Waals surface area contributed by atoms with Crippen molar-refractivity contribution in [1.29, 1.82) is 0 Å². The first-order chi connectivity index (χ1) is 18.7. The first-order valence-corrected chi connectivity index (χ1v) is 12.7. The van der Waals surface area contributed by atoms with E-state index in [1.54, 1.807) is 42.5 Å². The molecule has 0 aliphatic carbocycles. The van der Waals surface area contributed by atoms with Gasteiger partial charge in [-0.05, 0) is 68.5 Å². The van der Waals surface area contributed by atoms with E-state index in [4.69, 9.17) is 14.2 Å². The van der Waals surface area contributed by atoms with Gasteiger partial charge < -0.3 is 29.1 Å². The summed E-state index contributed by atoms with van der Waals surface area (Å²) < 4.78 is 16.7. The van der Waals surface area contributed by atoms with Gasteiger partial charge in [0.2, 0.25) is 0 Å². The number of aliphatic hydroxyl groups is 1. The molecule has 3 aromatic rings. The fourth-order valence-corrected chi connectivity index (χ4v) is 4.62. The molecule has 3 aromatic carbocycles. The highest BCUT2D eigenvalue weighted by Crippen LogP contribution is 2.42. The summed E-state index contributed by atoms with van der Waals surface area (Å²) in [6.45, 7) is 3.28. The smallest absolute Gasteiger partial charge is 0.295 e. The number of amides is 1. The van der Waals surface area contributed by atoms with Crippen LogP contribution in [0, 0.1) is 6.92 Å². The molecule has 0 bridgehead atoms. The predicted molar refractivity (Wildman–Crippen MR) is 149 cm³/mol. The molecule has 1 aliphatic heterocycles. The lowest BCUT2D eigenvalue weighted by atomic mass is 9.95. The lowest BCUT2D eigenvalue weighted by molar-refractivity contribution is -0.140. The second-order valence-corrected chi connectivity index (χ2v) is 9.71. The average molecular weight is 531 g/mol. The SMILES string of the molecule is COc1ccc([C@H]2/C(=C(\O)c3ccc(OCc4cccc(C)c4)cc3)C(=O)C(=O)N2CCN(C)C)cc1OC. The number of carbonyl (C=O) groups is 2. The Morgan fingerprint density at radius 2 is 1.67 bits per heavy atom.